The second-order valence-electron chi connectivity index (χ2n) is 5.98. The van der Waals surface area contributed by atoms with Crippen molar-refractivity contribution in [2.45, 2.75) is 50.6 Å². The van der Waals surface area contributed by atoms with Gasteiger partial charge < -0.3 is 4.55 Å². The number of pyridine rings is 1. The summed E-state index contributed by atoms with van der Waals surface area (Å²) in [6, 6.07) is 0.822. The average Bonchev–Trinajstić information content (AvgIpc) is 2.41. The predicted molar refractivity (Wildman–Crippen MR) is 87.5 cm³/mol. The maximum Gasteiger partial charge on any atom is 0.434 e. The van der Waals surface area contributed by atoms with Gasteiger partial charge in [-0.05, 0) is 45.2 Å². The summed E-state index contributed by atoms with van der Waals surface area (Å²) in [4.78, 5) is 3.32. The Hall–Kier alpha value is -0.760. The number of aromatic nitrogens is 1. The van der Waals surface area contributed by atoms with Crippen LogP contribution in [0.1, 0.15) is 50.9 Å². The van der Waals surface area contributed by atoms with Crippen LogP contribution >= 0.6 is 11.6 Å². The third-order valence-electron chi connectivity index (χ3n) is 3.03. The van der Waals surface area contributed by atoms with E-state index < -0.39 is 39.0 Å². The zero-order valence-electron chi connectivity index (χ0n) is 13.2. The number of nitrogens with one attached hydrogen (secondary N) is 1. The molecule has 0 fully saturated rings. The molecular formula is C15H20ClF3N2OS. The van der Waals surface area contributed by atoms with Crippen LogP contribution in [0.5, 0.6) is 0 Å². The fourth-order valence-electron chi connectivity index (χ4n) is 1.79. The van der Waals surface area contributed by atoms with Crippen molar-refractivity contribution in [3.05, 3.63) is 41.2 Å². The molecule has 0 saturated carbocycles. The lowest BCUT2D eigenvalue weighted by Crippen LogP contribution is -2.41. The standard InChI is InChI=1S/C15H20ClF3N2OS/c1-5-6-7-11(21-23(22)14(2,3)4)10-8-9-20-13(12(10)16)15(17,18)19/h5,8-9,11,21H,1,6-7H2,2-4H3/t11-,23?/m1/s1. The first-order valence-electron chi connectivity index (χ1n) is 6.99. The molecule has 0 bridgehead atoms. The van der Waals surface area contributed by atoms with E-state index in [1.807, 2.05) is 0 Å². The molecule has 0 aromatic carbocycles. The number of hydrogen-bond acceptors (Lipinski definition) is 3. The Morgan fingerprint density at radius 2 is 2.04 bits per heavy atom. The van der Waals surface area contributed by atoms with Gasteiger partial charge in [-0.25, -0.2) is 0 Å². The van der Waals surface area contributed by atoms with Gasteiger partial charge in [0.25, 0.3) is 0 Å². The first-order chi connectivity index (χ1) is 10.5. The first kappa shape index (κ1) is 20.3. The van der Waals surface area contributed by atoms with E-state index >= 15 is 0 Å². The number of hydrogen-bond donors (Lipinski definition) is 1. The van der Waals surface area contributed by atoms with Crippen molar-refractivity contribution >= 4 is 23.0 Å². The molecule has 1 unspecified atom stereocenters. The second kappa shape index (κ2) is 7.88. The van der Waals surface area contributed by atoms with Crippen LogP contribution in [0.3, 0.4) is 0 Å². The maximum absolute atomic E-state index is 13.0. The Labute approximate surface area is 142 Å². The van der Waals surface area contributed by atoms with Crippen LogP contribution in [0.2, 0.25) is 5.02 Å². The summed E-state index contributed by atoms with van der Waals surface area (Å²) in [5.41, 5.74) is -0.906. The van der Waals surface area contributed by atoms with Crippen LogP contribution in [0.4, 0.5) is 13.2 Å². The number of halogens is 4. The quantitative estimate of drug-likeness (QED) is 0.578. The second-order valence-corrected chi connectivity index (χ2v) is 8.35. The Morgan fingerprint density at radius 3 is 2.52 bits per heavy atom. The molecule has 2 atom stereocenters. The molecule has 0 radical (unpaired) electrons. The molecule has 0 aliphatic heterocycles. The number of nitrogens with zero attached hydrogens (tertiary/aromatic N) is 1. The molecule has 1 N–H and O–H groups in total. The van der Waals surface area contributed by atoms with E-state index in [4.69, 9.17) is 11.6 Å². The largest absolute Gasteiger partial charge is 0.598 e. The van der Waals surface area contributed by atoms with Crippen LogP contribution < -0.4 is 4.72 Å². The lowest BCUT2D eigenvalue weighted by atomic mass is 10.0. The molecule has 1 aromatic rings. The molecule has 0 aliphatic rings. The Bertz CT molecular complexity index is 547. The van der Waals surface area contributed by atoms with Gasteiger partial charge in [0.15, 0.2) is 5.69 Å². The van der Waals surface area contributed by atoms with Crippen molar-refractivity contribution in [2.75, 3.05) is 0 Å². The SMILES string of the molecule is C=CCC[C@@H](N[S+]([O-])C(C)(C)C)c1ccnc(C(F)(F)F)c1Cl. The summed E-state index contributed by atoms with van der Waals surface area (Å²) in [7, 11) is 0. The van der Waals surface area contributed by atoms with Gasteiger partial charge in [-0.2, -0.15) is 13.2 Å². The molecule has 1 aromatic heterocycles. The Kier molecular flexibility index (Phi) is 6.95. The Balaban J connectivity index is 3.20. The zero-order valence-corrected chi connectivity index (χ0v) is 14.8. The van der Waals surface area contributed by atoms with Crippen LogP contribution in [0.15, 0.2) is 24.9 Å². The van der Waals surface area contributed by atoms with E-state index in [1.54, 1.807) is 26.8 Å². The van der Waals surface area contributed by atoms with Crippen LogP contribution in [-0.4, -0.2) is 14.3 Å². The van der Waals surface area contributed by atoms with Crippen molar-refractivity contribution in [2.24, 2.45) is 0 Å². The van der Waals surface area contributed by atoms with Crippen molar-refractivity contribution in [1.82, 2.24) is 9.71 Å². The van der Waals surface area contributed by atoms with Crippen molar-refractivity contribution in [3.63, 3.8) is 0 Å². The summed E-state index contributed by atoms with van der Waals surface area (Å²) >= 11 is 4.47. The minimum absolute atomic E-state index is 0.230. The van der Waals surface area contributed by atoms with E-state index in [1.165, 1.54) is 6.07 Å². The van der Waals surface area contributed by atoms with Gasteiger partial charge in [-0.3, -0.25) is 4.98 Å². The molecule has 0 aliphatic carbocycles. The monoisotopic (exact) mass is 368 g/mol. The third kappa shape index (κ3) is 5.67. The smallest absolute Gasteiger partial charge is 0.434 e. The van der Waals surface area contributed by atoms with E-state index in [9.17, 15) is 17.7 Å². The Morgan fingerprint density at radius 1 is 1.43 bits per heavy atom. The van der Waals surface area contributed by atoms with E-state index in [0.29, 0.717) is 12.8 Å². The predicted octanol–water partition coefficient (Wildman–Crippen LogP) is 4.81. The van der Waals surface area contributed by atoms with E-state index in [-0.39, 0.29) is 5.56 Å². The molecule has 1 rings (SSSR count). The van der Waals surface area contributed by atoms with Crippen molar-refractivity contribution in [1.29, 1.82) is 0 Å². The van der Waals surface area contributed by atoms with Crippen molar-refractivity contribution in [3.8, 4) is 0 Å². The molecule has 1 heterocycles. The van der Waals surface area contributed by atoms with Gasteiger partial charge in [-0.15, -0.1) is 11.3 Å². The molecule has 23 heavy (non-hydrogen) atoms. The highest BCUT2D eigenvalue weighted by Crippen LogP contribution is 2.37. The van der Waals surface area contributed by atoms with Crippen LogP contribution in [0.25, 0.3) is 0 Å². The van der Waals surface area contributed by atoms with E-state index in [0.717, 1.165) is 6.20 Å². The molecule has 3 nitrogen and oxygen atoms in total. The number of allylic oxidation sites excluding steroid dienone is 1. The number of alkyl halides is 3. The molecular weight excluding hydrogens is 349 g/mol. The normalized spacial score (nSPS) is 15.3. The highest BCUT2D eigenvalue weighted by Gasteiger charge is 2.38. The summed E-state index contributed by atoms with van der Waals surface area (Å²) in [6.07, 6.45) is -0.967. The van der Waals surface area contributed by atoms with Gasteiger partial charge in [0.05, 0.1) is 11.1 Å². The average molecular weight is 369 g/mol. The lowest BCUT2D eigenvalue weighted by molar-refractivity contribution is -0.141. The van der Waals surface area contributed by atoms with Gasteiger partial charge in [0.1, 0.15) is 4.75 Å². The molecule has 130 valence electrons. The highest BCUT2D eigenvalue weighted by molar-refractivity contribution is 7.90. The molecule has 0 spiro atoms. The highest BCUT2D eigenvalue weighted by atomic mass is 35.5. The molecule has 0 saturated heterocycles. The fourth-order valence-corrected chi connectivity index (χ4v) is 3.00. The fraction of sp³-hybridized carbons (Fsp3) is 0.533. The van der Waals surface area contributed by atoms with Crippen molar-refractivity contribution < 1.29 is 17.7 Å². The van der Waals surface area contributed by atoms with Gasteiger partial charge in [0.2, 0.25) is 0 Å². The summed E-state index contributed by atoms with van der Waals surface area (Å²) < 4.78 is 53.5. The first-order valence-corrected chi connectivity index (χ1v) is 8.51. The van der Waals surface area contributed by atoms with Crippen LogP contribution in [0, 0.1) is 0 Å². The lowest BCUT2D eigenvalue weighted by Gasteiger charge is -2.28. The van der Waals surface area contributed by atoms with Gasteiger partial charge in [-0.1, -0.05) is 17.7 Å². The topological polar surface area (TPSA) is 48.0 Å². The maximum atomic E-state index is 13.0. The minimum Gasteiger partial charge on any atom is -0.598 e. The zero-order chi connectivity index (χ0) is 17.8. The van der Waals surface area contributed by atoms with Gasteiger partial charge in [0, 0.05) is 17.6 Å². The minimum atomic E-state index is -4.64. The number of rotatable bonds is 6. The summed E-state index contributed by atoms with van der Waals surface area (Å²) in [5.74, 6) is 0. The summed E-state index contributed by atoms with van der Waals surface area (Å²) in [5, 5.41) is -0.465. The van der Waals surface area contributed by atoms with Crippen LogP contribution in [-0.2, 0) is 17.5 Å². The third-order valence-corrected chi connectivity index (χ3v) is 5.04. The molecule has 8 heteroatoms. The molecule has 0 amide bonds. The van der Waals surface area contributed by atoms with E-state index in [2.05, 4.69) is 16.3 Å². The van der Waals surface area contributed by atoms with Gasteiger partial charge >= 0.3 is 6.18 Å². The summed E-state index contributed by atoms with van der Waals surface area (Å²) in [6.45, 7) is 8.93.